The molecule has 178 valence electrons. The number of aromatic nitrogens is 5. The van der Waals surface area contributed by atoms with Gasteiger partial charge in [-0.3, -0.25) is 4.79 Å². The molecule has 6 rings (SSSR count). The van der Waals surface area contributed by atoms with Gasteiger partial charge in [0.2, 0.25) is 5.82 Å². The Kier molecular flexibility index (Phi) is 5.53. The molecule has 1 saturated carbocycles. The molecule has 0 radical (unpaired) electrons. The minimum Gasteiger partial charge on any atom is -0.493 e. The molecule has 4 heterocycles. The van der Waals surface area contributed by atoms with E-state index < -0.39 is 5.97 Å². The van der Waals surface area contributed by atoms with E-state index in [0.717, 1.165) is 70.0 Å². The van der Waals surface area contributed by atoms with Crippen molar-refractivity contribution in [3.63, 3.8) is 0 Å². The summed E-state index contributed by atoms with van der Waals surface area (Å²) < 4.78 is 5.97. The Morgan fingerprint density at radius 3 is 2.68 bits per heavy atom. The molecule has 10 nitrogen and oxygen atoms in total. The molecule has 0 bridgehead atoms. The first-order valence-corrected chi connectivity index (χ1v) is 12.6. The summed E-state index contributed by atoms with van der Waals surface area (Å²) in [7, 11) is 0. The maximum absolute atomic E-state index is 10.8. The molecule has 2 unspecified atom stereocenters. The second kappa shape index (κ2) is 8.70. The second-order valence-electron chi connectivity index (χ2n) is 9.24. The first kappa shape index (κ1) is 21.6. The molecule has 3 aliphatic rings. The highest BCUT2D eigenvalue weighted by atomic mass is 35.5. The number of nitrogens with zero attached hydrogens (tertiary/aromatic N) is 7. The molecule has 1 aliphatic carbocycles. The van der Waals surface area contributed by atoms with Crippen LogP contribution in [0.1, 0.15) is 12.8 Å². The number of fused-ring (bicyclic) bond motifs is 1. The van der Waals surface area contributed by atoms with Crippen LogP contribution in [0.4, 0.5) is 10.8 Å². The summed E-state index contributed by atoms with van der Waals surface area (Å²) >= 11 is 8.06. The van der Waals surface area contributed by atoms with E-state index >= 15 is 0 Å². The summed E-state index contributed by atoms with van der Waals surface area (Å²) in [6, 6.07) is 5.99. The lowest BCUT2D eigenvalue weighted by Gasteiger charge is -2.24. The van der Waals surface area contributed by atoms with E-state index in [9.17, 15) is 4.79 Å². The van der Waals surface area contributed by atoms with Crippen molar-refractivity contribution in [2.45, 2.75) is 19.4 Å². The van der Waals surface area contributed by atoms with Crippen LogP contribution in [0.3, 0.4) is 0 Å². The number of carboxylic acid groups (broad SMARTS) is 1. The average molecular weight is 502 g/mol. The van der Waals surface area contributed by atoms with Gasteiger partial charge in [-0.15, -0.1) is 10.2 Å². The number of carboxylic acids is 1. The lowest BCUT2D eigenvalue weighted by molar-refractivity contribution is -0.138. The predicted octanol–water partition coefficient (Wildman–Crippen LogP) is 2.90. The third kappa shape index (κ3) is 4.41. The summed E-state index contributed by atoms with van der Waals surface area (Å²) in [5, 5.41) is 22.5. The molecule has 3 aromatic rings. The van der Waals surface area contributed by atoms with Crippen molar-refractivity contribution in [2.75, 3.05) is 42.6 Å². The van der Waals surface area contributed by atoms with E-state index in [0.29, 0.717) is 17.7 Å². The molecule has 2 aliphatic heterocycles. The topological polar surface area (TPSA) is 109 Å². The van der Waals surface area contributed by atoms with Crippen molar-refractivity contribution in [3.05, 3.63) is 29.4 Å². The van der Waals surface area contributed by atoms with Crippen LogP contribution >= 0.6 is 22.9 Å². The van der Waals surface area contributed by atoms with Crippen molar-refractivity contribution in [1.29, 1.82) is 0 Å². The number of aliphatic carboxylic acids is 1. The van der Waals surface area contributed by atoms with Gasteiger partial charge in [0.1, 0.15) is 5.75 Å². The number of hydrogen-bond acceptors (Lipinski definition) is 9. The van der Waals surface area contributed by atoms with Crippen LogP contribution in [0.2, 0.25) is 5.02 Å². The minimum atomic E-state index is -1.01. The second-order valence-corrected chi connectivity index (χ2v) is 10.7. The number of benzene rings is 1. The fraction of sp³-hybridized carbons (Fsp3) is 0.500. The van der Waals surface area contributed by atoms with Crippen molar-refractivity contribution in [3.8, 4) is 16.5 Å². The Bertz CT molecular complexity index is 1200. The highest BCUT2D eigenvalue weighted by molar-refractivity contribution is 7.18. The highest BCUT2D eigenvalue weighted by Crippen LogP contribution is 2.41. The summed E-state index contributed by atoms with van der Waals surface area (Å²) in [4.78, 5) is 22.0. The maximum atomic E-state index is 10.8. The van der Waals surface area contributed by atoms with Gasteiger partial charge in [-0.05, 0) is 36.1 Å². The number of tetrazole rings is 1. The lowest BCUT2D eigenvalue weighted by atomic mass is 10.0. The number of anilines is 2. The van der Waals surface area contributed by atoms with Gasteiger partial charge >= 0.3 is 5.97 Å². The standard InChI is InChI=1S/C22H24ClN7O3S/c23-17-4-3-16(33-12-13-1-2-13)5-18(17)28-7-14-9-29(10-15(14)8-28)22-24-6-19(34-22)21-25-27-30(26-21)11-20(31)32/h3-6,13-15H,1-2,7-12H2,(H,31,32). The number of ether oxygens (including phenoxy) is 1. The third-order valence-corrected chi connectivity index (χ3v) is 8.01. The summed E-state index contributed by atoms with van der Waals surface area (Å²) in [5.74, 6) is 2.08. The van der Waals surface area contributed by atoms with E-state index in [1.807, 2.05) is 12.1 Å². The van der Waals surface area contributed by atoms with Crippen LogP contribution in [0.5, 0.6) is 5.75 Å². The summed E-state index contributed by atoms with van der Waals surface area (Å²) in [5.41, 5.74) is 1.06. The van der Waals surface area contributed by atoms with Crippen LogP contribution in [0.25, 0.3) is 10.7 Å². The van der Waals surface area contributed by atoms with Gasteiger partial charge in [-0.1, -0.05) is 22.9 Å². The Morgan fingerprint density at radius 2 is 1.94 bits per heavy atom. The zero-order valence-electron chi connectivity index (χ0n) is 18.4. The quantitative estimate of drug-likeness (QED) is 0.498. The zero-order chi connectivity index (χ0) is 23.2. The number of hydrogen-bond donors (Lipinski definition) is 1. The fourth-order valence-corrected chi connectivity index (χ4v) is 5.81. The van der Waals surface area contributed by atoms with E-state index in [1.54, 1.807) is 6.20 Å². The monoisotopic (exact) mass is 501 g/mol. The van der Waals surface area contributed by atoms with Gasteiger partial charge in [0.05, 0.1) is 28.4 Å². The van der Waals surface area contributed by atoms with Crippen LogP contribution < -0.4 is 14.5 Å². The van der Waals surface area contributed by atoms with Crippen LogP contribution in [0, 0.1) is 17.8 Å². The zero-order valence-corrected chi connectivity index (χ0v) is 20.0. The Balaban J connectivity index is 1.09. The molecule has 0 spiro atoms. The highest BCUT2D eigenvalue weighted by Gasteiger charge is 2.41. The predicted molar refractivity (Wildman–Crippen MR) is 128 cm³/mol. The molecule has 2 atom stereocenters. The first-order valence-electron chi connectivity index (χ1n) is 11.4. The molecule has 2 saturated heterocycles. The molecule has 3 fully saturated rings. The number of thiazole rings is 1. The fourth-order valence-electron chi connectivity index (χ4n) is 4.71. The lowest BCUT2D eigenvalue weighted by Crippen LogP contribution is -2.28. The molecular weight excluding hydrogens is 478 g/mol. The van der Waals surface area contributed by atoms with E-state index in [4.69, 9.17) is 21.4 Å². The Labute approximate surface area is 205 Å². The molecule has 1 aromatic carbocycles. The van der Waals surface area contributed by atoms with Gasteiger partial charge < -0.3 is 19.6 Å². The van der Waals surface area contributed by atoms with Crippen molar-refractivity contribution in [1.82, 2.24) is 25.2 Å². The van der Waals surface area contributed by atoms with Gasteiger partial charge in [0, 0.05) is 44.1 Å². The first-order chi connectivity index (χ1) is 16.5. The molecule has 0 amide bonds. The summed E-state index contributed by atoms with van der Waals surface area (Å²) in [6.07, 6.45) is 4.28. The van der Waals surface area contributed by atoms with Crippen LogP contribution in [0.15, 0.2) is 24.4 Å². The summed E-state index contributed by atoms with van der Waals surface area (Å²) in [6.45, 7) is 4.25. The van der Waals surface area contributed by atoms with Crippen LogP contribution in [-0.4, -0.2) is 69.1 Å². The molecule has 2 aromatic heterocycles. The van der Waals surface area contributed by atoms with Gasteiger partial charge in [0.25, 0.3) is 0 Å². The molecule has 1 N–H and O–H groups in total. The normalized spacial score (nSPS) is 21.8. The number of carbonyl (C=O) groups is 1. The van der Waals surface area contributed by atoms with Crippen molar-refractivity contribution >= 4 is 39.7 Å². The molecule has 12 heteroatoms. The smallest absolute Gasteiger partial charge is 0.327 e. The Hall–Kier alpha value is -2.92. The van der Waals surface area contributed by atoms with E-state index in [1.165, 1.54) is 24.2 Å². The number of rotatable bonds is 8. The van der Waals surface area contributed by atoms with E-state index in [2.05, 4.69) is 36.3 Å². The molecule has 34 heavy (non-hydrogen) atoms. The minimum absolute atomic E-state index is 0.315. The van der Waals surface area contributed by atoms with Gasteiger partial charge in [0.15, 0.2) is 11.7 Å². The third-order valence-electron chi connectivity index (χ3n) is 6.64. The molecular formula is C22H24ClN7O3S. The van der Waals surface area contributed by atoms with Crippen LogP contribution in [-0.2, 0) is 11.3 Å². The number of halogens is 1. The maximum Gasteiger partial charge on any atom is 0.327 e. The van der Waals surface area contributed by atoms with Crippen molar-refractivity contribution in [2.24, 2.45) is 17.8 Å². The van der Waals surface area contributed by atoms with Gasteiger partial charge in [-0.25, -0.2) is 4.98 Å². The van der Waals surface area contributed by atoms with Gasteiger partial charge in [-0.2, -0.15) is 4.80 Å². The van der Waals surface area contributed by atoms with Crippen molar-refractivity contribution < 1.29 is 14.6 Å². The average Bonchev–Trinajstić information content (AvgIpc) is 3.18. The SMILES string of the molecule is O=C(O)Cn1nnc(-c2cnc(N3CC4CN(c5cc(OCC6CC6)ccc5Cl)CC4C3)s2)n1. The largest absolute Gasteiger partial charge is 0.493 e. The van der Waals surface area contributed by atoms with E-state index in [-0.39, 0.29) is 6.54 Å². The Morgan fingerprint density at radius 1 is 1.18 bits per heavy atom.